The zero-order valence-corrected chi connectivity index (χ0v) is 26.5. The smallest absolute Gasteiger partial charge is 0.408 e. The highest BCUT2D eigenvalue weighted by Crippen LogP contribution is 2.26. The predicted molar refractivity (Wildman–Crippen MR) is 163 cm³/mol. The van der Waals surface area contributed by atoms with E-state index in [1.165, 1.54) is 6.42 Å². The van der Waals surface area contributed by atoms with Crippen molar-refractivity contribution in [3.8, 4) is 0 Å². The van der Waals surface area contributed by atoms with Crippen LogP contribution in [0.2, 0.25) is 0 Å². The summed E-state index contributed by atoms with van der Waals surface area (Å²) in [6, 6.07) is 4.22. The molecule has 7 nitrogen and oxygen atoms in total. The van der Waals surface area contributed by atoms with Gasteiger partial charge in [-0.25, -0.2) is 4.79 Å². The Balaban J connectivity index is 3.42. The fraction of sp³-hybridized carbons (Fsp3) is 0.710. The summed E-state index contributed by atoms with van der Waals surface area (Å²) >= 11 is 4.39. The fourth-order valence-corrected chi connectivity index (χ4v) is 4.98. The molecule has 8 heteroatoms. The van der Waals surface area contributed by atoms with Gasteiger partial charge in [0.05, 0.1) is 0 Å². The molecule has 1 aromatic carbocycles. The molecular formula is C31H53N3O4S. The van der Waals surface area contributed by atoms with Gasteiger partial charge in [0, 0.05) is 18.3 Å². The highest BCUT2D eigenvalue weighted by atomic mass is 32.1. The Labute approximate surface area is 242 Å². The molecule has 0 aliphatic carbocycles. The lowest BCUT2D eigenvalue weighted by Crippen LogP contribution is -2.54. The molecule has 0 aliphatic rings. The minimum atomic E-state index is -0.933. The van der Waals surface area contributed by atoms with Gasteiger partial charge in [-0.05, 0) is 59.9 Å². The number of aryl methyl sites for hydroxylation is 2. The van der Waals surface area contributed by atoms with Gasteiger partial charge in [0.25, 0.3) is 0 Å². The first-order valence-electron chi connectivity index (χ1n) is 14.6. The zero-order valence-electron chi connectivity index (χ0n) is 25.6. The normalized spacial score (nSPS) is 13.8. The molecule has 3 atom stereocenters. The molecule has 39 heavy (non-hydrogen) atoms. The van der Waals surface area contributed by atoms with E-state index in [4.69, 9.17) is 4.74 Å². The zero-order chi connectivity index (χ0) is 29.6. The van der Waals surface area contributed by atoms with Crippen molar-refractivity contribution in [3.05, 3.63) is 34.9 Å². The van der Waals surface area contributed by atoms with Gasteiger partial charge in [0.1, 0.15) is 17.7 Å². The Bertz CT molecular complexity index is 895. The maximum Gasteiger partial charge on any atom is 0.408 e. The molecular weight excluding hydrogens is 510 g/mol. The van der Waals surface area contributed by atoms with Gasteiger partial charge in [-0.15, -0.1) is 0 Å². The first-order chi connectivity index (χ1) is 18.3. The molecule has 0 aliphatic heterocycles. The summed E-state index contributed by atoms with van der Waals surface area (Å²) in [5, 5.41) is 5.83. The average molecular weight is 564 g/mol. The third kappa shape index (κ3) is 13.1. The van der Waals surface area contributed by atoms with Crippen LogP contribution in [0.15, 0.2) is 18.2 Å². The quantitative estimate of drug-likeness (QED) is 0.155. The van der Waals surface area contributed by atoms with Gasteiger partial charge < -0.3 is 20.3 Å². The monoisotopic (exact) mass is 563 g/mol. The minimum absolute atomic E-state index is 0.0255. The molecule has 0 radical (unpaired) electrons. The predicted octanol–water partition coefficient (Wildman–Crippen LogP) is 6.66. The topological polar surface area (TPSA) is 87.7 Å². The molecule has 0 saturated carbocycles. The second-order valence-corrected chi connectivity index (χ2v) is 12.1. The Kier molecular flexibility index (Phi) is 15.6. The molecule has 1 rings (SSSR count). The maximum absolute atomic E-state index is 14.1. The van der Waals surface area contributed by atoms with Crippen LogP contribution in [0.25, 0.3) is 0 Å². The molecule has 0 fully saturated rings. The summed E-state index contributed by atoms with van der Waals surface area (Å²) in [5.41, 5.74) is 2.11. The van der Waals surface area contributed by atoms with Crippen molar-refractivity contribution in [2.75, 3.05) is 12.3 Å². The number of nitrogens with zero attached hydrogens (tertiary/aromatic N) is 1. The Morgan fingerprint density at radius 1 is 0.923 bits per heavy atom. The van der Waals surface area contributed by atoms with E-state index in [1.807, 2.05) is 32.9 Å². The number of ether oxygens (including phenoxy) is 1. The Morgan fingerprint density at radius 3 is 2.05 bits per heavy atom. The lowest BCUT2D eigenvalue weighted by molar-refractivity contribution is -0.142. The van der Waals surface area contributed by atoms with Gasteiger partial charge >= 0.3 is 6.09 Å². The van der Waals surface area contributed by atoms with Gasteiger partial charge in [0.15, 0.2) is 0 Å². The second-order valence-electron chi connectivity index (χ2n) is 11.7. The number of benzene rings is 1. The number of nitrogens with one attached hydrogen (secondary N) is 2. The number of rotatable bonds is 16. The highest BCUT2D eigenvalue weighted by molar-refractivity contribution is 7.80. The second kappa shape index (κ2) is 17.5. The van der Waals surface area contributed by atoms with Gasteiger partial charge in [-0.2, -0.15) is 12.6 Å². The van der Waals surface area contributed by atoms with Gasteiger partial charge in [-0.1, -0.05) is 81.7 Å². The summed E-state index contributed by atoms with van der Waals surface area (Å²) < 4.78 is 5.41. The van der Waals surface area contributed by atoms with Crippen molar-refractivity contribution in [2.45, 2.75) is 130 Å². The number of unbranched alkanes of at least 4 members (excludes halogenated alkanes) is 5. The number of thiol groups is 1. The summed E-state index contributed by atoms with van der Waals surface area (Å²) in [7, 11) is 0. The summed E-state index contributed by atoms with van der Waals surface area (Å²) in [6.07, 6.45) is 7.41. The first-order valence-corrected chi connectivity index (χ1v) is 15.3. The van der Waals surface area contributed by atoms with Crippen LogP contribution in [0.4, 0.5) is 4.79 Å². The van der Waals surface area contributed by atoms with Gasteiger partial charge in [0.2, 0.25) is 11.8 Å². The van der Waals surface area contributed by atoms with Crippen molar-refractivity contribution in [2.24, 2.45) is 0 Å². The van der Waals surface area contributed by atoms with Crippen molar-refractivity contribution < 1.29 is 19.1 Å². The molecule has 0 heterocycles. The number of carbonyl (C=O) groups excluding carboxylic acids is 3. The van der Waals surface area contributed by atoms with Crippen LogP contribution in [-0.2, 0) is 14.3 Å². The third-order valence-electron chi connectivity index (χ3n) is 6.44. The molecule has 0 spiro atoms. The van der Waals surface area contributed by atoms with Crippen molar-refractivity contribution >= 4 is 30.5 Å². The van der Waals surface area contributed by atoms with Crippen molar-refractivity contribution in [1.29, 1.82) is 0 Å². The largest absolute Gasteiger partial charge is 0.444 e. The first kappa shape index (κ1) is 34.8. The van der Waals surface area contributed by atoms with E-state index in [-0.39, 0.29) is 23.6 Å². The Hall–Kier alpha value is -2.22. The average Bonchev–Trinajstić information content (AvgIpc) is 2.81. The molecule has 3 unspecified atom stereocenters. The van der Waals surface area contributed by atoms with Gasteiger partial charge in [-0.3, -0.25) is 9.59 Å². The standard InChI is InChI=1S/C31H53N3O4S/c1-9-11-12-13-14-15-17-34(29(36)26(21-39)33-30(37)38-31(6,7)8)27(28(35)32-24(5)16-10-2)25-19-22(3)18-23(4)20-25/h18-20,24,26-27,39H,9-17,21H2,1-8H3,(H,32,35)(H,33,37). The lowest BCUT2D eigenvalue weighted by Gasteiger charge is -2.35. The molecule has 0 bridgehead atoms. The molecule has 0 saturated heterocycles. The van der Waals surface area contributed by atoms with E-state index >= 15 is 0 Å². The van der Waals surface area contributed by atoms with Crippen LogP contribution in [0.5, 0.6) is 0 Å². The summed E-state index contributed by atoms with van der Waals surface area (Å²) in [4.78, 5) is 42.1. The maximum atomic E-state index is 14.1. The number of alkyl carbamates (subject to hydrolysis) is 1. The van der Waals surface area contributed by atoms with Crippen LogP contribution >= 0.6 is 12.6 Å². The number of amides is 3. The van der Waals surface area contributed by atoms with Crippen LogP contribution in [0.3, 0.4) is 0 Å². The van der Waals surface area contributed by atoms with Crippen molar-refractivity contribution in [3.63, 3.8) is 0 Å². The molecule has 2 N–H and O–H groups in total. The summed E-state index contributed by atoms with van der Waals surface area (Å²) in [5.74, 6) is -0.472. The van der Waals surface area contributed by atoms with E-state index < -0.39 is 23.8 Å². The number of hydrogen-bond donors (Lipinski definition) is 3. The van der Waals surface area contributed by atoms with E-state index in [1.54, 1.807) is 25.7 Å². The molecule has 222 valence electrons. The number of carbonyl (C=O) groups is 3. The molecule has 0 aromatic heterocycles. The van der Waals surface area contributed by atoms with E-state index in [2.05, 4.69) is 43.2 Å². The Morgan fingerprint density at radius 2 is 1.51 bits per heavy atom. The van der Waals surface area contributed by atoms with E-state index in [0.717, 1.165) is 61.6 Å². The fourth-order valence-electron chi connectivity index (χ4n) is 4.73. The third-order valence-corrected chi connectivity index (χ3v) is 6.80. The molecule has 1 aromatic rings. The number of hydrogen-bond acceptors (Lipinski definition) is 5. The SMILES string of the molecule is CCCCCCCCN(C(=O)C(CS)NC(=O)OC(C)(C)C)C(C(=O)NC(C)CCC)c1cc(C)cc(C)c1. The van der Waals surface area contributed by atoms with Crippen LogP contribution in [-0.4, -0.2) is 52.8 Å². The van der Waals surface area contributed by atoms with Crippen LogP contribution in [0, 0.1) is 13.8 Å². The van der Waals surface area contributed by atoms with Crippen LogP contribution < -0.4 is 10.6 Å². The van der Waals surface area contributed by atoms with E-state index in [0.29, 0.717) is 6.54 Å². The lowest BCUT2D eigenvalue weighted by atomic mass is 9.97. The minimum Gasteiger partial charge on any atom is -0.444 e. The van der Waals surface area contributed by atoms with E-state index in [9.17, 15) is 14.4 Å². The van der Waals surface area contributed by atoms with Crippen LogP contribution in [0.1, 0.15) is 116 Å². The summed E-state index contributed by atoms with van der Waals surface area (Å²) in [6.45, 7) is 15.9. The van der Waals surface area contributed by atoms with Crippen molar-refractivity contribution in [1.82, 2.24) is 15.5 Å². The highest BCUT2D eigenvalue weighted by Gasteiger charge is 2.36. The molecule has 3 amide bonds.